The number of hydrogen-bond acceptors (Lipinski definition) is 4. The fourth-order valence-electron chi connectivity index (χ4n) is 1.81. The van der Waals surface area contributed by atoms with Crippen LogP contribution in [0.15, 0.2) is 16.5 Å². The van der Waals surface area contributed by atoms with Gasteiger partial charge in [0.15, 0.2) is 10.9 Å². The van der Waals surface area contributed by atoms with Crippen LogP contribution in [0.1, 0.15) is 35.9 Å². The Hall–Kier alpha value is -1.86. The first-order valence-corrected chi connectivity index (χ1v) is 6.11. The Bertz CT molecular complexity index is 653. The van der Waals surface area contributed by atoms with Gasteiger partial charge in [0.2, 0.25) is 0 Å². The van der Waals surface area contributed by atoms with E-state index in [-0.39, 0.29) is 10.7 Å². The topological polar surface area (TPSA) is 62.7 Å². The summed E-state index contributed by atoms with van der Waals surface area (Å²) < 4.78 is 5.52. The van der Waals surface area contributed by atoms with Crippen LogP contribution in [-0.4, -0.2) is 9.97 Å². The molecule has 0 amide bonds. The molecule has 3 rings (SSSR count). The van der Waals surface area contributed by atoms with Crippen LogP contribution in [-0.2, 0) is 0 Å². The number of hydrogen-bond donors (Lipinski definition) is 0. The minimum atomic E-state index is 0.207. The van der Waals surface area contributed by atoms with Crippen LogP contribution in [0.4, 0.5) is 0 Å². The van der Waals surface area contributed by atoms with Crippen molar-refractivity contribution in [2.75, 3.05) is 0 Å². The Labute approximate surface area is 109 Å². The normalized spacial score (nSPS) is 14.5. The molecule has 5 heteroatoms. The maximum Gasteiger partial charge on any atom is 0.154 e. The summed E-state index contributed by atoms with van der Waals surface area (Å²) in [4.78, 5) is 8.63. The number of nitrogens with zero attached hydrogens (tertiary/aromatic N) is 3. The van der Waals surface area contributed by atoms with Crippen molar-refractivity contribution in [3.63, 3.8) is 0 Å². The molecule has 1 aliphatic rings. The SMILES string of the molecule is Cc1ccc(-c2nc(C3CC3)nc(Cl)c2C#N)o1. The monoisotopic (exact) mass is 259 g/mol. The summed E-state index contributed by atoms with van der Waals surface area (Å²) in [5.74, 6) is 2.43. The van der Waals surface area contributed by atoms with E-state index in [2.05, 4.69) is 9.97 Å². The number of aryl methyl sites for hydroxylation is 1. The van der Waals surface area contributed by atoms with Gasteiger partial charge in [-0.2, -0.15) is 5.26 Å². The van der Waals surface area contributed by atoms with Crippen molar-refractivity contribution in [2.45, 2.75) is 25.7 Å². The third kappa shape index (κ3) is 1.87. The Morgan fingerprint density at radius 3 is 2.72 bits per heavy atom. The first-order chi connectivity index (χ1) is 8.69. The third-order valence-corrected chi connectivity index (χ3v) is 3.18. The van der Waals surface area contributed by atoms with E-state index >= 15 is 0 Å². The molecule has 0 radical (unpaired) electrons. The minimum Gasteiger partial charge on any atom is -0.460 e. The van der Waals surface area contributed by atoms with Crippen LogP contribution in [0, 0.1) is 18.3 Å². The molecule has 0 unspecified atom stereocenters. The van der Waals surface area contributed by atoms with Crippen LogP contribution in [0.3, 0.4) is 0 Å². The number of aromatic nitrogens is 2. The average molecular weight is 260 g/mol. The predicted molar refractivity (Wildman–Crippen MR) is 66.2 cm³/mol. The van der Waals surface area contributed by atoms with Gasteiger partial charge in [0.25, 0.3) is 0 Å². The van der Waals surface area contributed by atoms with Gasteiger partial charge in [0, 0.05) is 5.92 Å². The summed E-state index contributed by atoms with van der Waals surface area (Å²) in [5, 5.41) is 9.36. The van der Waals surface area contributed by atoms with Crippen molar-refractivity contribution in [1.29, 1.82) is 5.26 Å². The second kappa shape index (κ2) is 4.11. The Morgan fingerprint density at radius 2 is 2.17 bits per heavy atom. The Kier molecular flexibility index (Phi) is 2.57. The molecule has 1 fully saturated rings. The van der Waals surface area contributed by atoms with E-state index < -0.39 is 0 Å². The number of rotatable bonds is 2. The van der Waals surface area contributed by atoms with E-state index in [4.69, 9.17) is 21.3 Å². The van der Waals surface area contributed by atoms with E-state index in [1.165, 1.54) is 0 Å². The van der Waals surface area contributed by atoms with Gasteiger partial charge in [-0.05, 0) is 31.9 Å². The first kappa shape index (κ1) is 11.2. The second-order valence-corrected chi connectivity index (χ2v) is 4.75. The highest BCUT2D eigenvalue weighted by Gasteiger charge is 2.29. The van der Waals surface area contributed by atoms with Gasteiger partial charge in [-0.15, -0.1) is 0 Å². The molecule has 0 atom stereocenters. The molecular weight excluding hydrogens is 250 g/mol. The van der Waals surface area contributed by atoms with Crippen molar-refractivity contribution in [2.24, 2.45) is 0 Å². The highest BCUT2D eigenvalue weighted by Crippen LogP contribution is 2.40. The van der Waals surface area contributed by atoms with Gasteiger partial charge >= 0.3 is 0 Å². The lowest BCUT2D eigenvalue weighted by Crippen LogP contribution is -1.99. The third-order valence-electron chi connectivity index (χ3n) is 2.91. The highest BCUT2D eigenvalue weighted by molar-refractivity contribution is 6.30. The molecule has 1 saturated carbocycles. The van der Waals surface area contributed by atoms with Crippen molar-refractivity contribution in [3.8, 4) is 17.5 Å². The molecule has 0 spiro atoms. The van der Waals surface area contributed by atoms with Gasteiger partial charge < -0.3 is 4.42 Å². The number of furan rings is 1. The zero-order valence-corrected chi connectivity index (χ0v) is 10.5. The van der Waals surface area contributed by atoms with Gasteiger partial charge in [-0.1, -0.05) is 11.6 Å². The van der Waals surface area contributed by atoms with Crippen LogP contribution in [0.2, 0.25) is 5.15 Å². The summed E-state index contributed by atoms with van der Waals surface area (Å²) in [7, 11) is 0. The van der Waals surface area contributed by atoms with Gasteiger partial charge in [-0.3, -0.25) is 0 Å². The predicted octanol–water partition coefficient (Wildman–Crippen LogP) is 3.45. The Morgan fingerprint density at radius 1 is 1.39 bits per heavy atom. The van der Waals surface area contributed by atoms with E-state index in [1.54, 1.807) is 6.07 Å². The van der Waals surface area contributed by atoms with Crippen molar-refractivity contribution < 1.29 is 4.42 Å². The van der Waals surface area contributed by atoms with Crippen molar-refractivity contribution >= 4 is 11.6 Å². The van der Waals surface area contributed by atoms with Gasteiger partial charge in [0.05, 0.1) is 0 Å². The standard InChI is InChI=1S/C13H10ClN3O/c1-7-2-5-10(18-7)11-9(6-15)12(14)17-13(16-11)8-3-4-8/h2,5,8H,3-4H2,1H3. The maximum absolute atomic E-state index is 9.16. The molecule has 2 aromatic rings. The quantitative estimate of drug-likeness (QED) is 0.775. The van der Waals surface area contributed by atoms with Gasteiger partial charge in [0.1, 0.15) is 28.9 Å². The largest absolute Gasteiger partial charge is 0.460 e. The fourth-order valence-corrected chi connectivity index (χ4v) is 2.03. The minimum absolute atomic E-state index is 0.207. The van der Waals surface area contributed by atoms with E-state index in [0.717, 1.165) is 18.6 Å². The highest BCUT2D eigenvalue weighted by atomic mass is 35.5. The Balaban J connectivity index is 2.19. The zero-order chi connectivity index (χ0) is 12.7. The fraction of sp³-hybridized carbons (Fsp3) is 0.308. The lowest BCUT2D eigenvalue weighted by atomic mass is 10.2. The molecule has 0 bridgehead atoms. The maximum atomic E-state index is 9.16. The lowest BCUT2D eigenvalue weighted by Gasteiger charge is -2.05. The summed E-state index contributed by atoms with van der Waals surface area (Å²) >= 11 is 6.05. The van der Waals surface area contributed by atoms with E-state index in [1.807, 2.05) is 19.1 Å². The molecule has 18 heavy (non-hydrogen) atoms. The molecule has 2 aromatic heterocycles. The first-order valence-electron chi connectivity index (χ1n) is 5.73. The molecule has 0 aliphatic heterocycles. The summed E-state index contributed by atoms with van der Waals surface area (Å²) in [6.07, 6.45) is 2.16. The van der Waals surface area contributed by atoms with E-state index in [0.29, 0.717) is 23.2 Å². The number of halogens is 1. The smallest absolute Gasteiger partial charge is 0.154 e. The van der Waals surface area contributed by atoms with Crippen LogP contribution < -0.4 is 0 Å². The van der Waals surface area contributed by atoms with Gasteiger partial charge in [-0.25, -0.2) is 9.97 Å². The van der Waals surface area contributed by atoms with Crippen LogP contribution in [0.5, 0.6) is 0 Å². The molecule has 90 valence electrons. The number of nitriles is 1. The molecule has 4 nitrogen and oxygen atoms in total. The van der Waals surface area contributed by atoms with Crippen LogP contribution >= 0.6 is 11.6 Å². The molecule has 0 N–H and O–H groups in total. The van der Waals surface area contributed by atoms with Crippen LogP contribution in [0.25, 0.3) is 11.5 Å². The molecule has 0 saturated heterocycles. The van der Waals surface area contributed by atoms with Crippen molar-refractivity contribution in [1.82, 2.24) is 9.97 Å². The molecule has 2 heterocycles. The summed E-state index contributed by atoms with van der Waals surface area (Å²) in [6.45, 7) is 1.85. The molecule has 1 aliphatic carbocycles. The summed E-state index contributed by atoms with van der Waals surface area (Å²) in [5.41, 5.74) is 0.767. The van der Waals surface area contributed by atoms with E-state index in [9.17, 15) is 0 Å². The molecular formula is C13H10ClN3O. The molecule has 0 aromatic carbocycles. The second-order valence-electron chi connectivity index (χ2n) is 4.39. The van der Waals surface area contributed by atoms with Crippen molar-refractivity contribution in [3.05, 3.63) is 34.4 Å². The zero-order valence-electron chi connectivity index (χ0n) is 9.77. The lowest BCUT2D eigenvalue weighted by molar-refractivity contribution is 0.545. The average Bonchev–Trinajstić information content (AvgIpc) is 3.11. The summed E-state index contributed by atoms with van der Waals surface area (Å²) in [6, 6.07) is 5.67.